The molecule has 1 aliphatic heterocycles. The Morgan fingerprint density at radius 1 is 1.05 bits per heavy atom. The summed E-state index contributed by atoms with van der Waals surface area (Å²) in [7, 11) is 3.23. The molecular formula is C34H46FN3O4. The van der Waals surface area contributed by atoms with Crippen molar-refractivity contribution in [3.05, 3.63) is 58.3 Å². The van der Waals surface area contributed by atoms with Gasteiger partial charge in [-0.05, 0) is 37.7 Å². The van der Waals surface area contributed by atoms with E-state index < -0.39 is 22.4 Å². The number of carbonyl (C=O) groups excluding carboxylic acids is 2. The van der Waals surface area contributed by atoms with Crippen molar-refractivity contribution in [3.8, 4) is 11.1 Å². The molecule has 2 aromatic rings. The van der Waals surface area contributed by atoms with Gasteiger partial charge >= 0.3 is 0 Å². The van der Waals surface area contributed by atoms with Gasteiger partial charge in [0, 0.05) is 61.9 Å². The maximum Gasteiger partial charge on any atom is 0.255 e. The fourth-order valence-electron chi connectivity index (χ4n) is 7.91. The Labute approximate surface area is 248 Å². The normalized spacial score (nSPS) is 23.2. The molecule has 2 aliphatic carbocycles. The summed E-state index contributed by atoms with van der Waals surface area (Å²) < 4.78 is 16.2. The lowest BCUT2D eigenvalue weighted by Crippen LogP contribution is -2.62. The molecule has 1 N–H and O–H groups in total. The van der Waals surface area contributed by atoms with Crippen LogP contribution in [-0.2, 0) is 11.3 Å². The second-order valence-electron chi connectivity index (χ2n) is 13.4. The topological polar surface area (TPSA) is 82.8 Å². The highest BCUT2D eigenvalue weighted by atomic mass is 19.1. The maximum absolute atomic E-state index is 14.8. The molecule has 7 nitrogen and oxygen atoms in total. The number of halogens is 1. The van der Waals surface area contributed by atoms with E-state index in [1.165, 1.54) is 59.9 Å². The minimum absolute atomic E-state index is 0.0246. The molecule has 0 unspecified atom stereocenters. The van der Waals surface area contributed by atoms with Crippen LogP contribution in [0.4, 0.5) is 4.39 Å². The average Bonchev–Trinajstić information content (AvgIpc) is 3.45. The first-order chi connectivity index (χ1) is 20.0. The minimum Gasteiger partial charge on any atom is -0.387 e. The second-order valence-corrected chi connectivity index (χ2v) is 13.4. The van der Waals surface area contributed by atoms with Gasteiger partial charge in [0.1, 0.15) is 5.82 Å². The molecular weight excluding hydrogens is 533 g/mol. The summed E-state index contributed by atoms with van der Waals surface area (Å²) in [6.07, 6.45) is 12.5. The third-order valence-electron chi connectivity index (χ3n) is 10.3. The fourth-order valence-corrected chi connectivity index (χ4v) is 7.91. The number of carbonyl (C=O) groups is 2. The summed E-state index contributed by atoms with van der Waals surface area (Å²) >= 11 is 0. The van der Waals surface area contributed by atoms with Gasteiger partial charge < -0.3 is 19.5 Å². The molecule has 0 radical (unpaired) electrons. The van der Waals surface area contributed by atoms with Crippen molar-refractivity contribution in [2.75, 3.05) is 27.2 Å². The summed E-state index contributed by atoms with van der Waals surface area (Å²) in [4.78, 5) is 43.7. The molecule has 1 aromatic heterocycles. The van der Waals surface area contributed by atoms with Crippen LogP contribution in [0, 0.1) is 23.1 Å². The number of hydrogen-bond acceptors (Lipinski definition) is 4. The number of rotatable bonds is 7. The highest BCUT2D eigenvalue weighted by Crippen LogP contribution is 2.52. The van der Waals surface area contributed by atoms with Crippen LogP contribution in [0.2, 0.25) is 0 Å². The third-order valence-corrected chi connectivity index (χ3v) is 10.3. The number of likely N-dealkylation sites (tertiary alicyclic amines) is 1. The summed E-state index contributed by atoms with van der Waals surface area (Å²) in [5.74, 6) is -0.0964. The zero-order valence-corrected chi connectivity index (χ0v) is 25.4. The molecule has 1 aromatic carbocycles. The first-order valence-corrected chi connectivity index (χ1v) is 15.8. The SMILES string of the molecule is C[C@H](CC1CCCCC1)C(=O)N1CC[C@@](O)(Cn2cc(C(=O)N(C)C)c(-c3ccccc3F)cc2=O)C2(CCCC2)C1. The molecule has 3 fully saturated rings. The van der Waals surface area contributed by atoms with Crippen molar-refractivity contribution in [1.82, 2.24) is 14.4 Å². The molecule has 42 heavy (non-hydrogen) atoms. The van der Waals surface area contributed by atoms with Crippen molar-refractivity contribution in [2.24, 2.45) is 17.3 Å². The lowest BCUT2D eigenvalue weighted by atomic mass is 9.65. The van der Waals surface area contributed by atoms with Crippen LogP contribution < -0.4 is 5.56 Å². The predicted molar refractivity (Wildman–Crippen MR) is 162 cm³/mol. The van der Waals surface area contributed by atoms with Gasteiger partial charge in [0.2, 0.25) is 5.91 Å². The molecule has 0 bridgehead atoms. The summed E-state index contributed by atoms with van der Waals surface area (Å²) in [5, 5.41) is 12.3. The monoisotopic (exact) mass is 579 g/mol. The lowest BCUT2D eigenvalue weighted by molar-refractivity contribution is -0.163. The van der Waals surface area contributed by atoms with E-state index >= 15 is 0 Å². The second kappa shape index (κ2) is 12.3. The molecule has 228 valence electrons. The first-order valence-electron chi connectivity index (χ1n) is 15.8. The number of piperidine rings is 1. The molecule has 3 aliphatic rings. The fraction of sp³-hybridized carbons (Fsp3) is 0.618. The van der Waals surface area contributed by atoms with Gasteiger partial charge in [-0.15, -0.1) is 0 Å². The first kappa shape index (κ1) is 30.5. The summed E-state index contributed by atoms with van der Waals surface area (Å²) in [5.41, 5.74) is -1.49. The van der Waals surface area contributed by atoms with Gasteiger partial charge in [-0.2, -0.15) is 0 Å². The van der Waals surface area contributed by atoms with Crippen LogP contribution in [-0.4, -0.2) is 64.1 Å². The number of amides is 2. The van der Waals surface area contributed by atoms with E-state index in [-0.39, 0.29) is 41.0 Å². The van der Waals surface area contributed by atoms with E-state index in [1.807, 2.05) is 4.90 Å². The van der Waals surface area contributed by atoms with Crippen LogP contribution in [0.25, 0.3) is 11.1 Å². The van der Waals surface area contributed by atoms with E-state index in [1.54, 1.807) is 32.3 Å². The largest absolute Gasteiger partial charge is 0.387 e. The lowest BCUT2D eigenvalue weighted by Gasteiger charge is -2.53. The Morgan fingerprint density at radius 2 is 1.74 bits per heavy atom. The molecule has 2 heterocycles. The minimum atomic E-state index is -1.21. The number of hydrogen-bond donors (Lipinski definition) is 1. The number of aromatic nitrogens is 1. The van der Waals surface area contributed by atoms with Crippen molar-refractivity contribution < 1.29 is 19.1 Å². The van der Waals surface area contributed by atoms with E-state index in [0.717, 1.165) is 32.1 Å². The van der Waals surface area contributed by atoms with Gasteiger partial charge in [0.15, 0.2) is 0 Å². The van der Waals surface area contributed by atoms with Gasteiger partial charge in [-0.3, -0.25) is 14.4 Å². The van der Waals surface area contributed by atoms with Gasteiger partial charge in [0.05, 0.1) is 17.7 Å². The van der Waals surface area contributed by atoms with Crippen LogP contribution in [0.5, 0.6) is 0 Å². The zero-order valence-electron chi connectivity index (χ0n) is 25.4. The van der Waals surface area contributed by atoms with Crippen molar-refractivity contribution >= 4 is 11.8 Å². The Kier molecular flexibility index (Phi) is 8.93. The number of benzene rings is 1. The summed E-state index contributed by atoms with van der Waals surface area (Å²) in [6.45, 7) is 3.01. The Bertz CT molecular complexity index is 1360. The van der Waals surface area contributed by atoms with E-state index in [0.29, 0.717) is 25.4 Å². The molecule has 2 saturated carbocycles. The highest BCUT2D eigenvalue weighted by molar-refractivity contribution is 6.00. The predicted octanol–water partition coefficient (Wildman–Crippen LogP) is 5.49. The Balaban J connectivity index is 1.42. The molecule has 1 saturated heterocycles. The van der Waals surface area contributed by atoms with E-state index in [9.17, 15) is 23.9 Å². The van der Waals surface area contributed by atoms with Crippen LogP contribution in [0.1, 0.15) is 87.9 Å². The molecule has 1 spiro atoms. The highest BCUT2D eigenvalue weighted by Gasteiger charge is 2.55. The molecule has 2 amide bonds. The number of nitrogens with zero attached hydrogens (tertiary/aromatic N) is 3. The molecule has 2 atom stereocenters. The van der Waals surface area contributed by atoms with Gasteiger partial charge in [-0.1, -0.05) is 70.1 Å². The molecule has 8 heteroatoms. The van der Waals surface area contributed by atoms with Gasteiger partial charge in [0.25, 0.3) is 11.5 Å². The number of pyridine rings is 1. The van der Waals surface area contributed by atoms with Crippen molar-refractivity contribution in [2.45, 2.75) is 89.7 Å². The van der Waals surface area contributed by atoms with Crippen LogP contribution in [0.15, 0.2) is 41.3 Å². The number of aliphatic hydroxyl groups is 1. The quantitative estimate of drug-likeness (QED) is 0.471. The Hall–Kier alpha value is -3.00. The van der Waals surface area contributed by atoms with Crippen molar-refractivity contribution in [3.63, 3.8) is 0 Å². The summed E-state index contributed by atoms with van der Waals surface area (Å²) in [6, 6.07) is 7.42. The van der Waals surface area contributed by atoms with Gasteiger partial charge in [-0.25, -0.2) is 4.39 Å². The zero-order chi connectivity index (χ0) is 30.1. The third kappa shape index (κ3) is 5.92. The maximum atomic E-state index is 14.8. The standard InChI is InChI=1S/C34H46FN3O4/c1-24(19-25-11-5-4-6-12-25)31(40)37-18-17-34(42,33(22-37)15-9-10-16-33)23-38-21-28(32(41)36(2)3)27(20-30(38)39)26-13-7-8-14-29(26)35/h7-8,13-14,20-21,24-25,42H,4-6,9-12,15-19,22-23H2,1-3H3/t24-,34-/m1/s1. The smallest absolute Gasteiger partial charge is 0.255 e. The average molecular weight is 580 g/mol. The van der Waals surface area contributed by atoms with E-state index in [2.05, 4.69) is 6.92 Å². The van der Waals surface area contributed by atoms with Crippen molar-refractivity contribution in [1.29, 1.82) is 0 Å². The van der Waals surface area contributed by atoms with Crippen LogP contribution >= 0.6 is 0 Å². The molecule has 5 rings (SSSR count). The Morgan fingerprint density at radius 3 is 2.40 bits per heavy atom. The van der Waals surface area contributed by atoms with E-state index in [4.69, 9.17) is 0 Å². The van der Waals surface area contributed by atoms with Crippen LogP contribution in [0.3, 0.4) is 0 Å².